The van der Waals surface area contributed by atoms with Crippen LogP contribution in [-0.2, 0) is 37.3 Å². The van der Waals surface area contributed by atoms with Crippen molar-refractivity contribution in [2.24, 2.45) is 0 Å². The average Bonchev–Trinajstić information content (AvgIpc) is 3.96. The van der Waals surface area contributed by atoms with Gasteiger partial charge in [-0.3, -0.25) is 0 Å². The third kappa shape index (κ3) is 8.32. The number of hydrogen-bond acceptors (Lipinski definition) is 3. The summed E-state index contributed by atoms with van der Waals surface area (Å²) in [5.41, 5.74) is 10.6. The summed E-state index contributed by atoms with van der Waals surface area (Å²) < 4.78 is 37.3. The molecule has 8 aromatic carbocycles. The predicted octanol–water partition coefficient (Wildman–Crippen LogP) is 18.1. The molecule has 366 valence electrons. The SMILES string of the molecule is [2H]C([2H])([2H])c1cc(-c2cccc3c4ccccc4c4ccc(C(C)(C)C)cc4c4cccc5c4n(c23)[CH-]N5c2[c-]c(Oc3[c-]c4c(cc3)c3ccccc3n4-c3cc(C(C)(C)C)ccn3)ccc2)cc(C(C)(C)C)c1.[Pt]. The van der Waals surface area contributed by atoms with E-state index in [1.807, 2.05) is 36.5 Å². The van der Waals surface area contributed by atoms with Gasteiger partial charge in [0, 0.05) is 54.1 Å². The molecule has 0 saturated heterocycles. The zero-order valence-electron chi connectivity index (χ0n) is 45.8. The molecule has 0 saturated carbocycles. The van der Waals surface area contributed by atoms with Crippen LogP contribution in [-0.4, -0.2) is 14.1 Å². The van der Waals surface area contributed by atoms with Crippen molar-refractivity contribution in [3.8, 4) is 28.4 Å². The minimum Gasteiger partial charge on any atom is -0.509 e. The van der Waals surface area contributed by atoms with Crippen molar-refractivity contribution in [2.45, 2.75) is 85.4 Å². The van der Waals surface area contributed by atoms with Crippen LogP contribution in [0.15, 0.2) is 170 Å². The van der Waals surface area contributed by atoms with Gasteiger partial charge in [-0.25, -0.2) is 4.98 Å². The topological polar surface area (TPSA) is 35.2 Å². The maximum atomic E-state index is 8.66. The van der Waals surface area contributed by atoms with E-state index in [4.69, 9.17) is 13.8 Å². The Bertz CT molecular complexity index is 4170. The molecule has 4 heterocycles. The Morgan fingerprint density at radius 3 is 1.90 bits per heavy atom. The average molecular weight is 1130 g/mol. The number of hydrogen-bond donors (Lipinski definition) is 0. The molecule has 11 aromatic rings. The molecule has 0 N–H and O–H groups in total. The maximum Gasteiger partial charge on any atom is 0.135 e. The Morgan fingerprint density at radius 1 is 0.521 bits per heavy atom. The first kappa shape index (κ1) is 44.4. The number of pyridine rings is 1. The zero-order chi connectivity index (χ0) is 52.3. The minimum atomic E-state index is -2.31. The molecule has 0 spiro atoms. The Hall–Kier alpha value is -7.33. The predicted molar refractivity (Wildman–Crippen MR) is 303 cm³/mol. The van der Waals surface area contributed by atoms with Gasteiger partial charge in [0.05, 0.1) is 0 Å². The molecule has 1 aliphatic heterocycles. The first-order valence-corrected chi connectivity index (χ1v) is 24.9. The normalized spacial score (nSPS) is 13.5. The van der Waals surface area contributed by atoms with Crippen molar-refractivity contribution in [1.82, 2.24) is 14.1 Å². The second-order valence-electron chi connectivity index (χ2n) is 22.4. The van der Waals surface area contributed by atoms with Crippen molar-refractivity contribution < 1.29 is 29.9 Å². The maximum absolute atomic E-state index is 8.66. The quantitative estimate of drug-likeness (QED) is 0.161. The molecule has 3 aromatic heterocycles. The summed E-state index contributed by atoms with van der Waals surface area (Å²) in [5.74, 6) is 1.92. The van der Waals surface area contributed by atoms with Gasteiger partial charge in [-0.1, -0.05) is 188 Å². The molecule has 0 fully saturated rings. The summed E-state index contributed by atoms with van der Waals surface area (Å²) in [5, 5.41) is 8.74. The summed E-state index contributed by atoms with van der Waals surface area (Å²) in [6.45, 7) is 19.7. The van der Waals surface area contributed by atoms with Crippen LogP contribution in [0.3, 0.4) is 0 Å². The Balaban J connectivity index is 0.00000616. The molecule has 6 heteroatoms. The second kappa shape index (κ2) is 17.7. The molecule has 0 bridgehead atoms. The Kier molecular flexibility index (Phi) is 10.8. The molecular formula is C67H59N4OPt-3. The van der Waals surface area contributed by atoms with Crippen LogP contribution in [0.1, 0.15) is 88.7 Å². The fourth-order valence-electron chi connectivity index (χ4n) is 10.6. The van der Waals surface area contributed by atoms with E-state index < -0.39 is 6.85 Å². The van der Waals surface area contributed by atoms with Crippen LogP contribution < -0.4 is 9.64 Å². The summed E-state index contributed by atoms with van der Waals surface area (Å²) in [6, 6.07) is 64.6. The van der Waals surface area contributed by atoms with E-state index in [2.05, 4.69) is 229 Å². The largest absolute Gasteiger partial charge is 0.509 e. The summed E-state index contributed by atoms with van der Waals surface area (Å²) in [7, 11) is 0. The smallest absolute Gasteiger partial charge is 0.135 e. The molecule has 73 heavy (non-hydrogen) atoms. The van der Waals surface area contributed by atoms with Crippen LogP contribution in [0.2, 0.25) is 0 Å². The van der Waals surface area contributed by atoms with Gasteiger partial charge in [0.2, 0.25) is 0 Å². The number of anilines is 2. The van der Waals surface area contributed by atoms with E-state index in [0.717, 1.165) is 99.0 Å². The van der Waals surface area contributed by atoms with Gasteiger partial charge < -0.3 is 18.8 Å². The van der Waals surface area contributed by atoms with Crippen molar-refractivity contribution in [2.75, 3.05) is 4.90 Å². The fourth-order valence-corrected chi connectivity index (χ4v) is 10.6. The molecule has 5 nitrogen and oxygen atoms in total. The van der Waals surface area contributed by atoms with Crippen molar-refractivity contribution in [1.29, 1.82) is 0 Å². The number of ether oxygens (including phenoxy) is 1. The van der Waals surface area contributed by atoms with E-state index in [1.165, 1.54) is 11.1 Å². The number of para-hydroxylation sites is 3. The van der Waals surface area contributed by atoms with Crippen LogP contribution >= 0.6 is 0 Å². The van der Waals surface area contributed by atoms with E-state index in [-0.39, 0.29) is 37.3 Å². The third-order valence-corrected chi connectivity index (χ3v) is 14.4. The molecule has 0 unspecified atom stereocenters. The van der Waals surface area contributed by atoms with Crippen LogP contribution in [0.25, 0.3) is 82.1 Å². The molecule has 12 rings (SSSR count). The van der Waals surface area contributed by atoms with E-state index in [9.17, 15) is 0 Å². The van der Waals surface area contributed by atoms with E-state index >= 15 is 0 Å². The third-order valence-electron chi connectivity index (χ3n) is 14.4. The number of rotatable bonds is 5. The minimum absolute atomic E-state index is 0. The molecule has 0 atom stereocenters. The zero-order valence-corrected chi connectivity index (χ0v) is 45.0. The van der Waals surface area contributed by atoms with Gasteiger partial charge in [-0.05, 0) is 131 Å². The molecular weight excluding hydrogens is 1070 g/mol. The molecule has 0 radical (unpaired) electrons. The monoisotopic (exact) mass is 1130 g/mol. The van der Waals surface area contributed by atoms with Gasteiger partial charge >= 0.3 is 0 Å². The second-order valence-corrected chi connectivity index (χ2v) is 22.4. The van der Waals surface area contributed by atoms with Crippen molar-refractivity contribution in [3.63, 3.8) is 0 Å². The van der Waals surface area contributed by atoms with Crippen molar-refractivity contribution >= 4 is 76.5 Å². The van der Waals surface area contributed by atoms with Crippen LogP contribution in [0.5, 0.6) is 11.5 Å². The standard InChI is InChI=1S/C67H59N4O.Pt/c1-42-34-43(36-46(35-42)67(8,9)10)50-23-16-24-56-52-21-12-11-20-51(52)53-30-28-44(65(2,3)4)37-58(53)57-25-17-27-60-64(57)70(63(50)56)41-69(60)47-18-15-19-48(39-47)72-49-29-31-55-54-22-13-14-26-59(54)71(61(55)40-49)62-38-45(32-33-68-62)66(5,6)7;/h11-38,41H,1-10H3;/q-3;/i1D3;. The number of fused-ring (bicyclic) bond motifs is 10. The van der Waals surface area contributed by atoms with Crippen molar-refractivity contribution in [3.05, 3.63) is 211 Å². The van der Waals surface area contributed by atoms with Crippen LogP contribution in [0, 0.1) is 25.7 Å². The number of aryl methyl sites for hydroxylation is 1. The van der Waals surface area contributed by atoms with Gasteiger partial charge in [0.1, 0.15) is 5.82 Å². The van der Waals surface area contributed by atoms with E-state index in [1.54, 1.807) is 0 Å². The first-order chi connectivity index (χ1) is 35.7. The van der Waals surface area contributed by atoms with Gasteiger partial charge in [0.15, 0.2) is 0 Å². The van der Waals surface area contributed by atoms with Gasteiger partial charge in [-0.15, -0.1) is 35.7 Å². The summed E-state index contributed by atoms with van der Waals surface area (Å²) >= 11 is 0. The fraction of sp³-hybridized carbons (Fsp3) is 0.194. The first-order valence-electron chi connectivity index (χ1n) is 26.4. The summed E-state index contributed by atoms with van der Waals surface area (Å²) in [6.07, 6.45) is 1.89. The van der Waals surface area contributed by atoms with Gasteiger partial charge in [-0.2, -0.15) is 12.1 Å². The van der Waals surface area contributed by atoms with Gasteiger partial charge in [0.25, 0.3) is 0 Å². The number of nitrogens with zero attached hydrogens (tertiary/aromatic N) is 4. The molecule has 0 amide bonds. The Morgan fingerprint density at radius 2 is 1.15 bits per heavy atom. The number of aromatic nitrogens is 3. The Labute approximate surface area is 447 Å². The van der Waals surface area contributed by atoms with Crippen LogP contribution in [0.4, 0.5) is 11.4 Å². The number of benzene rings is 8. The molecule has 0 aliphatic carbocycles. The summed E-state index contributed by atoms with van der Waals surface area (Å²) in [4.78, 5) is 7.09. The van der Waals surface area contributed by atoms with E-state index in [0.29, 0.717) is 17.1 Å². The molecule has 1 aliphatic rings.